The molecule has 6 heteroatoms. The van der Waals surface area contributed by atoms with Crippen molar-refractivity contribution in [3.8, 4) is 0 Å². The van der Waals surface area contributed by atoms with E-state index >= 15 is 0 Å². The van der Waals surface area contributed by atoms with Crippen LogP contribution in [-0.2, 0) is 0 Å². The molecule has 0 aliphatic carbocycles. The number of nitrogens with zero attached hydrogens (tertiary/aromatic N) is 1. The predicted octanol–water partition coefficient (Wildman–Crippen LogP) is 0.732. The highest BCUT2D eigenvalue weighted by molar-refractivity contribution is 7.96. The van der Waals surface area contributed by atoms with Crippen LogP contribution < -0.4 is 5.73 Å². The molecule has 0 heterocycles. The Morgan fingerprint density at radius 3 is 1.56 bits per heavy atom. The number of hydrogen-bond acceptors (Lipinski definition) is 2. The predicted molar refractivity (Wildman–Crippen MR) is 42.5 cm³/mol. The Balaban J connectivity index is 0. The summed E-state index contributed by atoms with van der Waals surface area (Å²) in [7, 11) is 0. The summed E-state index contributed by atoms with van der Waals surface area (Å²) < 4.78 is 0. The lowest BCUT2D eigenvalue weighted by atomic mass is 11.3. The first-order chi connectivity index (χ1) is 4.00. The van der Waals surface area contributed by atoms with Gasteiger partial charge in [0.15, 0.2) is 0 Å². The number of primary amides is 1. The summed E-state index contributed by atoms with van der Waals surface area (Å²) in [6.45, 7) is 2.88. The highest BCUT2D eigenvalue weighted by Crippen LogP contribution is 1.76. The molecule has 4 nitrogen and oxygen atoms in total. The van der Waals surface area contributed by atoms with Crippen LogP contribution in [0.5, 0.6) is 0 Å². The van der Waals surface area contributed by atoms with Crippen molar-refractivity contribution < 1.29 is 9.59 Å². The molecule has 52 valence electrons. The first-order valence-electron chi connectivity index (χ1n) is 1.68. The SMILES string of the molecule is C=NC(=O)S.NC(=O)S. The number of thiol groups is 2. The quantitative estimate of drug-likeness (QED) is 0.366. The highest BCUT2D eigenvalue weighted by atomic mass is 32.1. The van der Waals surface area contributed by atoms with Gasteiger partial charge in [-0.1, -0.05) is 25.3 Å². The molecule has 0 unspecified atom stereocenters. The van der Waals surface area contributed by atoms with Crippen LogP contribution in [0.4, 0.5) is 9.59 Å². The van der Waals surface area contributed by atoms with Gasteiger partial charge in [0, 0.05) is 0 Å². The maximum atomic E-state index is 9.45. The Hall–Kier alpha value is -0.490. The molecular weight excluding hydrogens is 160 g/mol. The molecule has 0 rings (SSSR count). The van der Waals surface area contributed by atoms with Gasteiger partial charge in [-0.2, -0.15) is 0 Å². The van der Waals surface area contributed by atoms with Crippen molar-refractivity contribution in [2.24, 2.45) is 10.7 Å². The monoisotopic (exact) mass is 166 g/mol. The second-order valence-electron chi connectivity index (χ2n) is 0.779. The van der Waals surface area contributed by atoms with Gasteiger partial charge in [-0.15, -0.1) is 0 Å². The fraction of sp³-hybridized carbons (Fsp3) is 0. The van der Waals surface area contributed by atoms with E-state index in [2.05, 4.69) is 42.7 Å². The Bertz CT molecular complexity index is 121. The van der Waals surface area contributed by atoms with E-state index in [0.717, 1.165) is 0 Å². The van der Waals surface area contributed by atoms with Crippen LogP contribution in [0.3, 0.4) is 0 Å². The Morgan fingerprint density at radius 1 is 1.44 bits per heavy atom. The van der Waals surface area contributed by atoms with Crippen molar-refractivity contribution in [1.29, 1.82) is 0 Å². The molecule has 0 radical (unpaired) electrons. The van der Waals surface area contributed by atoms with E-state index in [0.29, 0.717) is 0 Å². The molecular formula is C3H6N2O2S2. The molecule has 0 aromatic carbocycles. The molecule has 0 spiro atoms. The van der Waals surface area contributed by atoms with E-state index in [1.165, 1.54) is 0 Å². The van der Waals surface area contributed by atoms with Gasteiger partial charge in [-0.05, 0) is 6.72 Å². The van der Waals surface area contributed by atoms with E-state index in [1.807, 2.05) is 0 Å². The summed E-state index contributed by atoms with van der Waals surface area (Å²) in [5.41, 5.74) is 4.34. The standard InChI is InChI=1S/C2H3NOS.CH3NOS/c1-3-2(4)5;2-1(3)4/h1H2,(H,4,5);(H3,2,3,4). The molecule has 0 aliphatic heterocycles. The van der Waals surface area contributed by atoms with E-state index in [-0.39, 0.29) is 0 Å². The molecule has 0 fully saturated rings. The topological polar surface area (TPSA) is 72.5 Å². The van der Waals surface area contributed by atoms with E-state index < -0.39 is 10.5 Å². The third kappa shape index (κ3) is 100.0. The molecule has 0 aromatic heterocycles. The number of rotatable bonds is 0. The maximum absolute atomic E-state index is 9.45. The van der Waals surface area contributed by atoms with Crippen molar-refractivity contribution in [3.05, 3.63) is 0 Å². The number of hydrogen-bond donors (Lipinski definition) is 3. The van der Waals surface area contributed by atoms with Gasteiger partial charge in [0.25, 0.3) is 5.24 Å². The van der Waals surface area contributed by atoms with Crippen molar-refractivity contribution >= 4 is 42.5 Å². The highest BCUT2D eigenvalue weighted by Gasteiger charge is 1.72. The van der Waals surface area contributed by atoms with Gasteiger partial charge in [0.05, 0.1) is 0 Å². The number of carbonyl (C=O) groups excluding carboxylic acids is 2. The third-order valence-corrected chi connectivity index (χ3v) is 0.277. The molecule has 0 aromatic rings. The molecule has 2 amide bonds. The van der Waals surface area contributed by atoms with Crippen LogP contribution in [0.15, 0.2) is 4.99 Å². The molecule has 0 atom stereocenters. The number of carbonyl (C=O) groups is 2. The second kappa shape index (κ2) is 7.51. The van der Waals surface area contributed by atoms with Crippen molar-refractivity contribution in [1.82, 2.24) is 0 Å². The van der Waals surface area contributed by atoms with Gasteiger partial charge in [-0.25, -0.2) is 4.99 Å². The normalized spacial score (nSPS) is 6.44. The fourth-order valence-corrected chi connectivity index (χ4v) is 0. The zero-order chi connectivity index (χ0) is 7.86. The van der Waals surface area contributed by atoms with E-state index in [9.17, 15) is 4.79 Å². The molecule has 0 saturated carbocycles. The van der Waals surface area contributed by atoms with Crippen LogP contribution in [-0.4, -0.2) is 17.2 Å². The van der Waals surface area contributed by atoms with E-state index in [4.69, 9.17) is 4.79 Å². The maximum Gasteiger partial charge on any atom is 0.301 e. The Kier molecular flexibility index (Phi) is 9.45. The zero-order valence-corrected chi connectivity index (χ0v) is 6.23. The first-order valence-corrected chi connectivity index (χ1v) is 2.58. The lowest BCUT2D eigenvalue weighted by molar-refractivity contribution is 0.267. The van der Waals surface area contributed by atoms with Crippen LogP contribution in [0.2, 0.25) is 0 Å². The summed E-state index contributed by atoms with van der Waals surface area (Å²) in [6.07, 6.45) is 0. The lowest BCUT2D eigenvalue weighted by Crippen LogP contribution is -1.95. The number of nitrogens with two attached hydrogens (primary N) is 1. The third-order valence-electron chi connectivity index (χ3n) is 0.135. The molecule has 0 aliphatic rings. The van der Waals surface area contributed by atoms with Gasteiger partial charge < -0.3 is 5.73 Å². The molecule has 0 saturated heterocycles. The van der Waals surface area contributed by atoms with Crippen molar-refractivity contribution in [2.45, 2.75) is 0 Å². The van der Waals surface area contributed by atoms with Gasteiger partial charge in [0.2, 0.25) is 0 Å². The molecule has 9 heavy (non-hydrogen) atoms. The second-order valence-corrected chi connectivity index (χ2v) is 1.60. The summed E-state index contributed by atoms with van der Waals surface area (Å²) in [4.78, 5) is 21.4. The van der Waals surface area contributed by atoms with E-state index in [1.54, 1.807) is 0 Å². The number of aliphatic imine (C=N–C) groups is 1. The minimum absolute atomic E-state index is 0.537. The van der Waals surface area contributed by atoms with Crippen molar-refractivity contribution in [3.63, 3.8) is 0 Å². The summed E-state index contributed by atoms with van der Waals surface area (Å²) >= 11 is 6.33. The summed E-state index contributed by atoms with van der Waals surface area (Å²) in [5, 5.41) is -1.18. The first kappa shape index (κ1) is 11.3. The molecule has 0 bridgehead atoms. The summed E-state index contributed by atoms with van der Waals surface area (Å²) in [5.74, 6) is 0. The Labute approximate surface area is 63.3 Å². The Morgan fingerprint density at radius 2 is 1.56 bits per heavy atom. The largest absolute Gasteiger partial charge is 0.361 e. The van der Waals surface area contributed by atoms with Gasteiger partial charge >= 0.3 is 5.24 Å². The van der Waals surface area contributed by atoms with Crippen LogP contribution >= 0.6 is 25.3 Å². The lowest BCUT2D eigenvalue weighted by Gasteiger charge is -1.62. The van der Waals surface area contributed by atoms with Crippen LogP contribution in [0.25, 0.3) is 0 Å². The fourth-order valence-electron chi connectivity index (χ4n) is 0. The van der Waals surface area contributed by atoms with Crippen LogP contribution in [0, 0.1) is 0 Å². The smallest absolute Gasteiger partial charge is 0.301 e. The van der Waals surface area contributed by atoms with Gasteiger partial charge in [0.1, 0.15) is 0 Å². The van der Waals surface area contributed by atoms with Crippen molar-refractivity contribution in [2.75, 3.05) is 0 Å². The minimum Gasteiger partial charge on any atom is -0.361 e. The average molecular weight is 166 g/mol. The molecule has 2 N–H and O–H groups in total. The zero-order valence-electron chi connectivity index (χ0n) is 4.44. The van der Waals surface area contributed by atoms with Gasteiger partial charge in [-0.3, -0.25) is 9.59 Å². The number of amides is 2. The van der Waals surface area contributed by atoms with Crippen LogP contribution in [0.1, 0.15) is 0 Å². The minimum atomic E-state index is -0.639. The average Bonchev–Trinajstić information content (AvgIpc) is 1.65. The summed E-state index contributed by atoms with van der Waals surface area (Å²) in [6, 6.07) is 0.